The number of carbonyl (C=O) groups is 1. The summed E-state index contributed by atoms with van der Waals surface area (Å²) >= 11 is 0. The van der Waals surface area contributed by atoms with E-state index in [1.165, 1.54) is 12.3 Å². The second-order valence-corrected chi connectivity index (χ2v) is 8.05. The van der Waals surface area contributed by atoms with Crippen molar-refractivity contribution in [1.29, 1.82) is 0 Å². The molecule has 25 heavy (non-hydrogen) atoms. The lowest BCUT2D eigenvalue weighted by Crippen LogP contribution is -2.21. The highest BCUT2D eigenvalue weighted by molar-refractivity contribution is 7.91. The number of pyridine rings is 1. The summed E-state index contributed by atoms with van der Waals surface area (Å²) in [6, 6.07) is 12.7. The first-order valence-electron chi connectivity index (χ1n) is 8.18. The number of aromatic nitrogens is 1. The van der Waals surface area contributed by atoms with E-state index in [2.05, 4.69) is 10.3 Å². The lowest BCUT2D eigenvalue weighted by molar-refractivity contribution is -0.122. The van der Waals surface area contributed by atoms with E-state index in [0.29, 0.717) is 31.7 Å². The Balaban J connectivity index is 1.57. The number of carbonyl (C=O) groups excluding carboxylic acids is 1. The molecule has 1 aliphatic rings. The quantitative estimate of drug-likeness (QED) is 0.816. The molecule has 0 radical (unpaired) electrons. The van der Waals surface area contributed by atoms with Crippen molar-refractivity contribution in [3.63, 3.8) is 0 Å². The molecule has 2 aromatic rings. The summed E-state index contributed by atoms with van der Waals surface area (Å²) in [4.78, 5) is 15.5. The van der Waals surface area contributed by atoms with E-state index in [9.17, 15) is 13.2 Å². The molecule has 7 heteroatoms. The van der Waals surface area contributed by atoms with Crippen molar-refractivity contribution in [3.05, 3.63) is 54.2 Å². The van der Waals surface area contributed by atoms with Gasteiger partial charge in [0.2, 0.25) is 5.91 Å². The number of ether oxygens (including phenoxy) is 1. The van der Waals surface area contributed by atoms with Gasteiger partial charge in [0, 0.05) is 12.5 Å². The van der Waals surface area contributed by atoms with Gasteiger partial charge in [0.15, 0.2) is 14.9 Å². The smallest absolute Gasteiger partial charge is 0.223 e. The zero-order valence-corrected chi connectivity index (χ0v) is 14.5. The molecule has 1 aromatic carbocycles. The Bertz CT molecular complexity index is 820. The van der Waals surface area contributed by atoms with Crippen LogP contribution in [-0.2, 0) is 21.2 Å². The number of nitrogens with zero attached hydrogens (tertiary/aromatic N) is 1. The zero-order chi connectivity index (χ0) is 17.7. The van der Waals surface area contributed by atoms with E-state index in [1.807, 2.05) is 30.3 Å². The third kappa shape index (κ3) is 4.57. The fourth-order valence-electron chi connectivity index (χ4n) is 2.70. The molecule has 1 aromatic heterocycles. The maximum absolute atomic E-state index is 12.4. The Morgan fingerprint density at radius 1 is 1.16 bits per heavy atom. The summed E-state index contributed by atoms with van der Waals surface area (Å²) in [7, 11) is -3.50. The van der Waals surface area contributed by atoms with Gasteiger partial charge < -0.3 is 10.1 Å². The van der Waals surface area contributed by atoms with Crippen LogP contribution in [0.2, 0.25) is 0 Å². The minimum absolute atomic E-state index is 0.0120. The topological polar surface area (TPSA) is 85.4 Å². The Morgan fingerprint density at radius 3 is 2.60 bits per heavy atom. The summed E-state index contributed by atoms with van der Waals surface area (Å²) in [5.74, 6) is 0.150. The number of hydrogen-bond donors (Lipinski definition) is 1. The van der Waals surface area contributed by atoms with Crippen molar-refractivity contribution in [2.45, 2.75) is 24.5 Å². The second kappa shape index (κ2) is 7.65. The summed E-state index contributed by atoms with van der Waals surface area (Å²) in [6.45, 7) is 1.01. The molecule has 1 amide bonds. The minimum atomic E-state index is -3.50. The Morgan fingerprint density at radius 2 is 1.96 bits per heavy atom. The summed E-state index contributed by atoms with van der Waals surface area (Å²) < 4.78 is 30.3. The molecular formula is C18H20N2O4S. The van der Waals surface area contributed by atoms with Crippen LogP contribution in [0.3, 0.4) is 0 Å². The van der Waals surface area contributed by atoms with E-state index in [0.717, 1.165) is 5.56 Å². The lowest BCUT2D eigenvalue weighted by Gasteiger charge is -2.09. The molecule has 3 rings (SSSR count). The fraction of sp³-hybridized carbons (Fsp3) is 0.333. The predicted molar refractivity (Wildman–Crippen MR) is 92.8 cm³/mol. The molecule has 132 valence electrons. The van der Waals surface area contributed by atoms with Gasteiger partial charge in [-0.15, -0.1) is 0 Å². The molecule has 1 fully saturated rings. The summed E-state index contributed by atoms with van der Waals surface area (Å²) in [6.07, 6.45) is 2.42. The van der Waals surface area contributed by atoms with Crippen molar-refractivity contribution < 1.29 is 17.9 Å². The highest BCUT2D eigenvalue weighted by Crippen LogP contribution is 2.19. The average molecular weight is 360 g/mol. The molecule has 1 saturated heterocycles. The van der Waals surface area contributed by atoms with Crippen LogP contribution >= 0.6 is 0 Å². The molecule has 1 N–H and O–H groups in total. The van der Waals surface area contributed by atoms with Gasteiger partial charge in [-0.2, -0.15) is 0 Å². The van der Waals surface area contributed by atoms with Crippen molar-refractivity contribution in [3.8, 4) is 5.75 Å². The van der Waals surface area contributed by atoms with Crippen molar-refractivity contribution >= 4 is 15.7 Å². The first kappa shape index (κ1) is 17.4. The maximum atomic E-state index is 12.4. The average Bonchev–Trinajstić information content (AvgIpc) is 3.05. The van der Waals surface area contributed by atoms with Gasteiger partial charge in [0.25, 0.3) is 0 Å². The van der Waals surface area contributed by atoms with Gasteiger partial charge >= 0.3 is 0 Å². The van der Waals surface area contributed by atoms with Crippen molar-refractivity contribution in [2.24, 2.45) is 5.92 Å². The van der Waals surface area contributed by atoms with E-state index in [4.69, 9.17) is 4.74 Å². The first-order chi connectivity index (χ1) is 12.0. The normalized spacial score (nSPS) is 17.3. The monoisotopic (exact) mass is 360 g/mol. The van der Waals surface area contributed by atoms with Crippen LogP contribution in [-0.4, -0.2) is 31.6 Å². The number of nitrogens with one attached hydrogen (secondary N) is 1. The Labute approximate surface area is 147 Å². The van der Waals surface area contributed by atoms with Crippen LogP contribution in [0.15, 0.2) is 53.7 Å². The third-order valence-electron chi connectivity index (χ3n) is 4.17. The van der Waals surface area contributed by atoms with Crippen molar-refractivity contribution in [2.75, 3.05) is 12.3 Å². The molecular weight excluding hydrogens is 340 g/mol. The van der Waals surface area contributed by atoms with E-state index in [1.54, 1.807) is 6.07 Å². The van der Waals surface area contributed by atoms with Gasteiger partial charge in [-0.3, -0.25) is 4.79 Å². The molecule has 0 aliphatic carbocycles. The SMILES string of the molecule is O=C1NCCC1CCS(=O)(=O)c1ccc(OCc2ccccc2)cn1. The Kier molecular flexibility index (Phi) is 5.33. The predicted octanol–water partition coefficient (Wildman–Crippen LogP) is 1.96. The molecule has 0 saturated carbocycles. The van der Waals surface area contributed by atoms with Crippen LogP contribution in [0.1, 0.15) is 18.4 Å². The van der Waals surface area contributed by atoms with Crippen LogP contribution in [0.25, 0.3) is 0 Å². The van der Waals surface area contributed by atoms with Crippen molar-refractivity contribution in [1.82, 2.24) is 10.3 Å². The zero-order valence-electron chi connectivity index (χ0n) is 13.7. The standard InChI is InChI=1S/C18H20N2O4S/c21-18-15(8-10-19-18)9-11-25(22,23)17-7-6-16(12-20-17)24-13-14-4-2-1-3-5-14/h1-7,12,15H,8-11,13H2,(H,19,21). The van der Waals surface area contributed by atoms with E-state index >= 15 is 0 Å². The number of sulfone groups is 1. The van der Waals surface area contributed by atoms with Crippen LogP contribution in [0, 0.1) is 5.92 Å². The van der Waals surface area contributed by atoms with E-state index < -0.39 is 9.84 Å². The molecule has 1 atom stereocenters. The minimum Gasteiger partial charge on any atom is -0.487 e. The lowest BCUT2D eigenvalue weighted by atomic mass is 10.1. The molecule has 0 bridgehead atoms. The number of hydrogen-bond acceptors (Lipinski definition) is 5. The fourth-order valence-corrected chi connectivity index (χ4v) is 3.99. The van der Waals surface area contributed by atoms with Gasteiger partial charge in [-0.25, -0.2) is 13.4 Å². The van der Waals surface area contributed by atoms with Gasteiger partial charge in [0.05, 0.1) is 11.9 Å². The third-order valence-corrected chi connectivity index (χ3v) is 5.83. The number of amides is 1. The van der Waals surface area contributed by atoms with E-state index in [-0.39, 0.29) is 22.6 Å². The largest absolute Gasteiger partial charge is 0.487 e. The van der Waals surface area contributed by atoms with Gasteiger partial charge in [-0.1, -0.05) is 30.3 Å². The van der Waals surface area contributed by atoms with Crippen LogP contribution < -0.4 is 10.1 Å². The van der Waals surface area contributed by atoms with Crippen LogP contribution in [0.5, 0.6) is 5.75 Å². The Hall–Kier alpha value is -2.41. The molecule has 2 heterocycles. The molecule has 1 aliphatic heterocycles. The van der Waals surface area contributed by atoms with Crippen LogP contribution in [0.4, 0.5) is 0 Å². The highest BCUT2D eigenvalue weighted by atomic mass is 32.2. The first-order valence-corrected chi connectivity index (χ1v) is 9.83. The highest BCUT2D eigenvalue weighted by Gasteiger charge is 2.27. The summed E-state index contributed by atoms with van der Waals surface area (Å²) in [5.41, 5.74) is 1.02. The second-order valence-electron chi connectivity index (χ2n) is 5.99. The molecule has 6 nitrogen and oxygen atoms in total. The van der Waals surface area contributed by atoms with Gasteiger partial charge in [-0.05, 0) is 30.5 Å². The maximum Gasteiger partial charge on any atom is 0.223 e. The summed E-state index contributed by atoms with van der Waals surface area (Å²) in [5, 5.41) is 2.73. The van der Waals surface area contributed by atoms with Gasteiger partial charge in [0.1, 0.15) is 12.4 Å². The number of rotatable bonds is 7. The number of benzene rings is 1. The molecule has 0 spiro atoms. The molecule has 1 unspecified atom stereocenters.